The van der Waals surface area contributed by atoms with Gasteiger partial charge in [-0.15, -0.1) is 0 Å². The van der Waals surface area contributed by atoms with Gasteiger partial charge in [-0.2, -0.15) is 0 Å². The summed E-state index contributed by atoms with van der Waals surface area (Å²) in [5.41, 5.74) is 7.57. The van der Waals surface area contributed by atoms with Gasteiger partial charge in [0.2, 0.25) is 5.88 Å². The summed E-state index contributed by atoms with van der Waals surface area (Å²) in [6.07, 6.45) is 1.03. The van der Waals surface area contributed by atoms with Crippen molar-refractivity contribution >= 4 is 5.88 Å². The maximum absolute atomic E-state index is 5.56. The van der Waals surface area contributed by atoms with E-state index in [2.05, 4.69) is 25.9 Å². The zero-order chi connectivity index (χ0) is 9.35. The minimum absolute atomic E-state index is 0.0607. The summed E-state index contributed by atoms with van der Waals surface area (Å²) in [6.45, 7) is 8.34. The first-order valence-electron chi connectivity index (χ1n) is 4.21. The van der Waals surface area contributed by atoms with E-state index in [-0.39, 0.29) is 5.41 Å². The predicted octanol–water partition coefficient (Wildman–Crippen LogP) is 2.25. The lowest BCUT2D eigenvalue weighted by Gasteiger charge is -2.19. The number of anilines is 1. The molecule has 1 aromatic rings. The summed E-state index contributed by atoms with van der Waals surface area (Å²) in [6, 6.07) is 0. The van der Waals surface area contributed by atoms with E-state index in [1.165, 1.54) is 0 Å². The van der Waals surface area contributed by atoms with Crippen LogP contribution >= 0.6 is 0 Å². The summed E-state index contributed by atoms with van der Waals surface area (Å²) in [4.78, 5) is 0. The van der Waals surface area contributed by atoms with Crippen molar-refractivity contribution in [1.82, 2.24) is 5.16 Å². The van der Waals surface area contributed by atoms with E-state index in [1.807, 2.05) is 6.92 Å². The van der Waals surface area contributed by atoms with Crippen molar-refractivity contribution in [3.8, 4) is 0 Å². The van der Waals surface area contributed by atoms with Crippen LogP contribution in [0.1, 0.15) is 38.4 Å². The van der Waals surface area contributed by atoms with Crippen molar-refractivity contribution in [3.05, 3.63) is 11.3 Å². The van der Waals surface area contributed by atoms with Gasteiger partial charge in [-0.1, -0.05) is 25.9 Å². The molecule has 2 N–H and O–H groups in total. The molecule has 0 aromatic carbocycles. The highest BCUT2D eigenvalue weighted by molar-refractivity contribution is 5.40. The van der Waals surface area contributed by atoms with Gasteiger partial charge in [-0.05, 0) is 13.3 Å². The van der Waals surface area contributed by atoms with E-state index < -0.39 is 0 Å². The highest BCUT2D eigenvalue weighted by Crippen LogP contribution is 2.30. The third-order valence-corrected chi connectivity index (χ3v) is 2.49. The molecular formula is C9H16N2O. The third kappa shape index (κ3) is 1.31. The fraction of sp³-hybridized carbons (Fsp3) is 0.667. The number of rotatable bonds is 2. The van der Waals surface area contributed by atoms with Crippen LogP contribution in [0, 0.1) is 6.92 Å². The second-order valence-electron chi connectivity index (χ2n) is 3.76. The number of nitrogens with zero attached hydrogens (tertiary/aromatic N) is 1. The minimum atomic E-state index is 0.0607. The average Bonchev–Trinajstić information content (AvgIpc) is 2.33. The van der Waals surface area contributed by atoms with Gasteiger partial charge in [-0.25, -0.2) is 0 Å². The van der Waals surface area contributed by atoms with Crippen molar-refractivity contribution in [2.24, 2.45) is 0 Å². The molecule has 0 fully saturated rings. The molecule has 3 nitrogen and oxygen atoms in total. The molecule has 12 heavy (non-hydrogen) atoms. The first-order valence-corrected chi connectivity index (χ1v) is 4.21. The second-order valence-corrected chi connectivity index (χ2v) is 3.76. The molecule has 0 saturated carbocycles. The molecule has 1 heterocycles. The SMILES string of the molecule is CCC(C)(C)c1noc(N)c1C. The first kappa shape index (κ1) is 9.10. The van der Waals surface area contributed by atoms with Gasteiger partial charge in [0.15, 0.2) is 0 Å². The molecule has 68 valence electrons. The monoisotopic (exact) mass is 168 g/mol. The predicted molar refractivity (Wildman–Crippen MR) is 49.0 cm³/mol. The van der Waals surface area contributed by atoms with Gasteiger partial charge in [0.25, 0.3) is 0 Å². The van der Waals surface area contributed by atoms with Crippen LogP contribution in [-0.4, -0.2) is 5.16 Å². The number of aromatic nitrogens is 1. The number of nitrogens with two attached hydrogens (primary N) is 1. The van der Waals surface area contributed by atoms with Crippen molar-refractivity contribution in [2.75, 3.05) is 5.73 Å². The van der Waals surface area contributed by atoms with Gasteiger partial charge < -0.3 is 10.3 Å². The van der Waals surface area contributed by atoms with E-state index in [1.54, 1.807) is 0 Å². The molecular weight excluding hydrogens is 152 g/mol. The standard InChI is InChI=1S/C9H16N2O/c1-5-9(3,4)7-6(2)8(10)12-11-7/h5,10H2,1-4H3. The first-order chi connectivity index (χ1) is 5.49. The van der Waals surface area contributed by atoms with Crippen LogP contribution < -0.4 is 5.73 Å². The second kappa shape index (κ2) is 2.81. The fourth-order valence-corrected chi connectivity index (χ4v) is 1.15. The van der Waals surface area contributed by atoms with Gasteiger partial charge in [0.1, 0.15) is 0 Å². The Morgan fingerprint density at radius 3 is 2.42 bits per heavy atom. The summed E-state index contributed by atoms with van der Waals surface area (Å²) >= 11 is 0. The van der Waals surface area contributed by atoms with E-state index in [0.717, 1.165) is 17.7 Å². The Balaban J connectivity index is 3.11. The minimum Gasteiger partial charge on any atom is -0.367 e. The Hall–Kier alpha value is -0.990. The molecule has 1 rings (SSSR count). The topological polar surface area (TPSA) is 52.0 Å². The van der Waals surface area contributed by atoms with Crippen LogP contribution in [0.25, 0.3) is 0 Å². The number of hydrogen-bond acceptors (Lipinski definition) is 3. The molecule has 0 aliphatic heterocycles. The van der Waals surface area contributed by atoms with Gasteiger partial charge in [0, 0.05) is 11.0 Å². The summed E-state index contributed by atoms with van der Waals surface area (Å²) < 4.78 is 4.91. The largest absolute Gasteiger partial charge is 0.367 e. The molecule has 0 spiro atoms. The van der Waals surface area contributed by atoms with Gasteiger partial charge >= 0.3 is 0 Å². The highest BCUT2D eigenvalue weighted by atomic mass is 16.5. The van der Waals surface area contributed by atoms with Gasteiger partial charge in [-0.3, -0.25) is 0 Å². The van der Waals surface area contributed by atoms with E-state index in [9.17, 15) is 0 Å². The molecule has 0 unspecified atom stereocenters. The Bertz CT molecular complexity index is 276. The molecule has 0 radical (unpaired) electrons. The van der Waals surface area contributed by atoms with Crippen molar-refractivity contribution in [1.29, 1.82) is 0 Å². The van der Waals surface area contributed by atoms with Gasteiger partial charge in [0.05, 0.1) is 5.69 Å². The molecule has 0 aliphatic rings. The summed E-state index contributed by atoms with van der Waals surface area (Å²) in [7, 11) is 0. The summed E-state index contributed by atoms with van der Waals surface area (Å²) in [5.74, 6) is 0.437. The van der Waals surface area contributed by atoms with Crippen LogP contribution in [0.15, 0.2) is 4.52 Å². The maximum atomic E-state index is 5.56. The smallest absolute Gasteiger partial charge is 0.225 e. The average molecular weight is 168 g/mol. The quantitative estimate of drug-likeness (QED) is 0.736. The lowest BCUT2D eigenvalue weighted by molar-refractivity contribution is 0.391. The number of nitrogen functional groups attached to an aromatic ring is 1. The molecule has 0 amide bonds. The van der Waals surface area contributed by atoms with Crippen LogP contribution in [0.4, 0.5) is 5.88 Å². The molecule has 0 saturated heterocycles. The van der Waals surface area contributed by atoms with E-state index in [4.69, 9.17) is 10.3 Å². The van der Waals surface area contributed by atoms with Crippen molar-refractivity contribution < 1.29 is 4.52 Å². The zero-order valence-electron chi connectivity index (χ0n) is 8.14. The molecule has 0 aliphatic carbocycles. The normalized spacial score (nSPS) is 12.0. The Morgan fingerprint density at radius 1 is 1.50 bits per heavy atom. The third-order valence-electron chi connectivity index (χ3n) is 2.49. The van der Waals surface area contributed by atoms with Crippen LogP contribution in [0.3, 0.4) is 0 Å². The van der Waals surface area contributed by atoms with E-state index >= 15 is 0 Å². The van der Waals surface area contributed by atoms with Crippen LogP contribution in [0.5, 0.6) is 0 Å². The number of hydrogen-bond donors (Lipinski definition) is 1. The molecule has 1 aromatic heterocycles. The van der Waals surface area contributed by atoms with Crippen LogP contribution in [0.2, 0.25) is 0 Å². The molecule has 0 bridgehead atoms. The highest BCUT2D eigenvalue weighted by Gasteiger charge is 2.25. The maximum Gasteiger partial charge on any atom is 0.225 e. The lowest BCUT2D eigenvalue weighted by Crippen LogP contribution is -2.17. The zero-order valence-corrected chi connectivity index (χ0v) is 8.14. The Labute approximate surface area is 72.9 Å². The summed E-state index contributed by atoms with van der Waals surface area (Å²) in [5, 5.41) is 3.96. The van der Waals surface area contributed by atoms with Crippen molar-refractivity contribution in [3.63, 3.8) is 0 Å². The Morgan fingerprint density at radius 2 is 2.08 bits per heavy atom. The van der Waals surface area contributed by atoms with Crippen molar-refractivity contribution in [2.45, 2.75) is 39.5 Å². The molecule has 3 heteroatoms. The fourth-order valence-electron chi connectivity index (χ4n) is 1.15. The molecule has 0 atom stereocenters. The Kier molecular flexibility index (Phi) is 2.13. The van der Waals surface area contributed by atoms with E-state index in [0.29, 0.717) is 5.88 Å². The van der Waals surface area contributed by atoms with Crippen LogP contribution in [-0.2, 0) is 5.41 Å². The lowest BCUT2D eigenvalue weighted by atomic mass is 9.84.